The van der Waals surface area contributed by atoms with Crippen molar-refractivity contribution in [1.29, 1.82) is 0 Å². The summed E-state index contributed by atoms with van der Waals surface area (Å²) in [5, 5.41) is 10.2. The van der Waals surface area contributed by atoms with Crippen LogP contribution in [-0.4, -0.2) is 11.2 Å². The van der Waals surface area contributed by atoms with Crippen molar-refractivity contribution < 1.29 is 5.11 Å². The summed E-state index contributed by atoms with van der Waals surface area (Å²) in [6, 6.07) is 5.88. The highest BCUT2D eigenvalue weighted by Gasteiger charge is 2.14. The van der Waals surface area contributed by atoms with Crippen LogP contribution in [0.15, 0.2) is 18.2 Å². The number of hydrogen-bond donors (Lipinski definition) is 1. The molecule has 2 atom stereocenters. The van der Waals surface area contributed by atoms with Crippen LogP contribution in [0.25, 0.3) is 0 Å². The molecule has 0 fully saturated rings. The summed E-state index contributed by atoms with van der Waals surface area (Å²) >= 11 is 6.02. The van der Waals surface area contributed by atoms with Gasteiger partial charge in [-0.1, -0.05) is 36.2 Å². The highest BCUT2D eigenvalue weighted by Crippen LogP contribution is 2.27. The minimum Gasteiger partial charge on any atom is -0.393 e. The number of aryl methyl sites for hydroxylation is 1. The van der Waals surface area contributed by atoms with Crippen molar-refractivity contribution in [3.05, 3.63) is 34.3 Å². The normalized spacial score (nSPS) is 15.5. The van der Waals surface area contributed by atoms with Crippen LogP contribution < -0.4 is 0 Å². The second kappa shape index (κ2) is 4.12. The van der Waals surface area contributed by atoms with Crippen molar-refractivity contribution in [2.45, 2.75) is 32.8 Å². The van der Waals surface area contributed by atoms with Gasteiger partial charge >= 0.3 is 0 Å². The molecule has 1 aromatic carbocycles. The first-order valence-electron chi connectivity index (χ1n) is 4.46. The van der Waals surface area contributed by atoms with E-state index in [2.05, 4.69) is 0 Å². The number of aliphatic hydroxyl groups is 1. The van der Waals surface area contributed by atoms with Gasteiger partial charge in [-0.15, -0.1) is 0 Å². The molecule has 1 N–H and O–H groups in total. The number of halogens is 1. The van der Waals surface area contributed by atoms with E-state index in [1.54, 1.807) is 6.92 Å². The summed E-state index contributed by atoms with van der Waals surface area (Å²) in [5.74, 6) is 0.0902. The molecule has 0 heterocycles. The Labute approximate surface area is 84.4 Å². The molecule has 0 saturated heterocycles. The smallest absolute Gasteiger partial charge is 0.0578 e. The monoisotopic (exact) mass is 198 g/mol. The van der Waals surface area contributed by atoms with Crippen LogP contribution in [0.3, 0.4) is 0 Å². The fourth-order valence-electron chi connectivity index (χ4n) is 1.27. The van der Waals surface area contributed by atoms with Gasteiger partial charge in [0.2, 0.25) is 0 Å². The number of benzene rings is 1. The highest BCUT2D eigenvalue weighted by molar-refractivity contribution is 6.31. The van der Waals surface area contributed by atoms with E-state index in [0.717, 1.165) is 10.6 Å². The van der Waals surface area contributed by atoms with Crippen LogP contribution in [0.5, 0.6) is 0 Å². The van der Waals surface area contributed by atoms with E-state index in [1.165, 1.54) is 5.56 Å². The fraction of sp³-hybridized carbons (Fsp3) is 0.455. The van der Waals surface area contributed by atoms with Crippen LogP contribution in [0.4, 0.5) is 0 Å². The maximum absolute atomic E-state index is 9.43. The first-order valence-corrected chi connectivity index (χ1v) is 4.84. The van der Waals surface area contributed by atoms with Gasteiger partial charge in [-0.2, -0.15) is 0 Å². The summed E-state index contributed by atoms with van der Waals surface area (Å²) in [6.45, 7) is 5.78. The molecule has 2 unspecified atom stereocenters. The highest BCUT2D eigenvalue weighted by atomic mass is 35.5. The molecular weight excluding hydrogens is 184 g/mol. The number of rotatable bonds is 2. The maximum atomic E-state index is 9.43. The zero-order chi connectivity index (χ0) is 10.0. The second-order valence-electron chi connectivity index (χ2n) is 3.55. The molecule has 0 saturated carbocycles. The van der Waals surface area contributed by atoms with E-state index in [9.17, 15) is 5.11 Å². The zero-order valence-electron chi connectivity index (χ0n) is 8.21. The minimum atomic E-state index is -0.362. The molecule has 0 aliphatic rings. The van der Waals surface area contributed by atoms with E-state index in [4.69, 9.17) is 11.6 Å². The minimum absolute atomic E-state index is 0.0902. The first-order chi connectivity index (χ1) is 6.02. The molecule has 13 heavy (non-hydrogen) atoms. The van der Waals surface area contributed by atoms with E-state index >= 15 is 0 Å². The van der Waals surface area contributed by atoms with E-state index in [1.807, 2.05) is 32.0 Å². The zero-order valence-corrected chi connectivity index (χ0v) is 8.97. The lowest BCUT2D eigenvalue weighted by molar-refractivity contribution is 0.169. The number of aliphatic hydroxyl groups excluding tert-OH is 1. The molecule has 1 nitrogen and oxygen atoms in total. The van der Waals surface area contributed by atoms with Crippen LogP contribution in [0.1, 0.15) is 30.9 Å². The predicted molar refractivity (Wildman–Crippen MR) is 56.3 cm³/mol. The average molecular weight is 199 g/mol. The van der Waals surface area contributed by atoms with Crippen LogP contribution in [-0.2, 0) is 0 Å². The second-order valence-corrected chi connectivity index (χ2v) is 3.96. The van der Waals surface area contributed by atoms with Crippen LogP contribution in [0.2, 0.25) is 5.02 Å². The van der Waals surface area contributed by atoms with Crippen molar-refractivity contribution in [3.8, 4) is 0 Å². The Kier molecular flexibility index (Phi) is 3.34. The molecule has 0 aliphatic heterocycles. The number of hydrogen-bond acceptors (Lipinski definition) is 1. The predicted octanol–water partition coefficient (Wildman–Crippen LogP) is 3.13. The lowest BCUT2D eigenvalue weighted by Gasteiger charge is -2.16. The van der Waals surface area contributed by atoms with E-state index in [-0.39, 0.29) is 12.0 Å². The molecule has 1 aromatic rings. The maximum Gasteiger partial charge on any atom is 0.0578 e. The van der Waals surface area contributed by atoms with Gasteiger partial charge in [0, 0.05) is 10.9 Å². The van der Waals surface area contributed by atoms with Crippen LogP contribution in [0, 0.1) is 6.92 Å². The average Bonchev–Trinajstić information content (AvgIpc) is 2.08. The Bertz CT molecular complexity index is 294. The molecule has 2 heteroatoms. The lowest BCUT2D eigenvalue weighted by Crippen LogP contribution is -2.11. The van der Waals surface area contributed by atoms with Crippen molar-refractivity contribution >= 4 is 11.6 Å². The van der Waals surface area contributed by atoms with Gasteiger partial charge < -0.3 is 5.11 Å². The summed E-state index contributed by atoms with van der Waals surface area (Å²) in [4.78, 5) is 0. The van der Waals surface area contributed by atoms with Crippen molar-refractivity contribution in [3.63, 3.8) is 0 Å². The van der Waals surface area contributed by atoms with Gasteiger partial charge in [0.05, 0.1) is 6.10 Å². The SMILES string of the molecule is Cc1ccc(Cl)c(C(C)C(C)O)c1. The Hall–Kier alpha value is -0.530. The van der Waals surface area contributed by atoms with Crippen molar-refractivity contribution in [2.24, 2.45) is 0 Å². The van der Waals surface area contributed by atoms with Gasteiger partial charge in [-0.3, -0.25) is 0 Å². The third-order valence-corrected chi connectivity index (χ3v) is 2.71. The quantitative estimate of drug-likeness (QED) is 0.774. The topological polar surface area (TPSA) is 20.2 Å². The Morgan fingerprint density at radius 3 is 2.46 bits per heavy atom. The van der Waals surface area contributed by atoms with Gasteiger partial charge in [0.1, 0.15) is 0 Å². The summed E-state index contributed by atoms with van der Waals surface area (Å²) in [6.07, 6.45) is -0.362. The third kappa shape index (κ3) is 2.45. The summed E-state index contributed by atoms with van der Waals surface area (Å²) in [5.41, 5.74) is 2.20. The molecule has 72 valence electrons. The Morgan fingerprint density at radius 1 is 1.31 bits per heavy atom. The Morgan fingerprint density at radius 2 is 1.92 bits per heavy atom. The molecule has 0 spiro atoms. The summed E-state index contributed by atoms with van der Waals surface area (Å²) < 4.78 is 0. The van der Waals surface area contributed by atoms with Gasteiger partial charge in [-0.05, 0) is 25.5 Å². The van der Waals surface area contributed by atoms with Gasteiger partial charge in [-0.25, -0.2) is 0 Å². The molecule has 0 aliphatic carbocycles. The first kappa shape index (κ1) is 10.6. The third-order valence-electron chi connectivity index (χ3n) is 2.37. The van der Waals surface area contributed by atoms with E-state index < -0.39 is 0 Å². The van der Waals surface area contributed by atoms with E-state index in [0.29, 0.717) is 0 Å². The van der Waals surface area contributed by atoms with Gasteiger partial charge in [0.25, 0.3) is 0 Å². The molecular formula is C11H15ClO. The van der Waals surface area contributed by atoms with Crippen molar-refractivity contribution in [1.82, 2.24) is 0 Å². The molecule has 1 rings (SSSR count). The molecule has 0 aromatic heterocycles. The summed E-state index contributed by atoms with van der Waals surface area (Å²) in [7, 11) is 0. The molecule has 0 bridgehead atoms. The van der Waals surface area contributed by atoms with Crippen molar-refractivity contribution in [2.75, 3.05) is 0 Å². The Balaban J connectivity index is 3.05. The standard InChI is InChI=1S/C11H15ClO/c1-7-4-5-11(12)10(6-7)8(2)9(3)13/h4-6,8-9,13H,1-3H3. The fourth-order valence-corrected chi connectivity index (χ4v) is 1.56. The molecule has 0 amide bonds. The largest absolute Gasteiger partial charge is 0.393 e. The van der Waals surface area contributed by atoms with Gasteiger partial charge in [0.15, 0.2) is 0 Å². The van der Waals surface area contributed by atoms with Crippen LogP contribution >= 0.6 is 11.6 Å². The molecule has 0 radical (unpaired) electrons. The lowest BCUT2D eigenvalue weighted by atomic mass is 9.95.